The molecule has 0 unspecified atom stereocenters. The van der Waals surface area contributed by atoms with E-state index in [-0.39, 0.29) is 0 Å². The molecular weight excluding hydrogens is 314 g/mol. The van der Waals surface area contributed by atoms with Crippen molar-refractivity contribution in [3.8, 4) is 5.69 Å². The van der Waals surface area contributed by atoms with Crippen molar-refractivity contribution in [2.45, 2.75) is 34.1 Å². The van der Waals surface area contributed by atoms with Gasteiger partial charge in [0.15, 0.2) is 0 Å². The molecular formula is C25H23N. The fraction of sp³-hybridized carbons (Fsp3) is 0.200. The second-order valence-corrected chi connectivity index (χ2v) is 7.76. The number of aromatic nitrogens is 1. The second-order valence-electron chi connectivity index (χ2n) is 7.76. The topological polar surface area (TPSA) is 4.93 Å². The minimum absolute atomic E-state index is 1.08. The molecule has 0 fully saturated rings. The van der Waals surface area contributed by atoms with Crippen molar-refractivity contribution < 1.29 is 0 Å². The van der Waals surface area contributed by atoms with Crippen LogP contribution in [0.1, 0.15) is 34.7 Å². The molecule has 5 rings (SSSR count). The lowest BCUT2D eigenvalue weighted by molar-refractivity contribution is 1.12. The van der Waals surface area contributed by atoms with E-state index in [2.05, 4.69) is 86.9 Å². The molecule has 26 heavy (non-hydrogen) atoms. The highest BCUT2D eigenvalue weighted by Crippen LogP contribution is 2.38. The molecule has 1 heterocycles. The molecule has 1 nitrogen and oxygen atoms in total. The Hall–Kier alpha value is -2.80. The maximum atomic E-state index is 2.48. The molecule has 0 spiro atoms. The zero-order valence-corrected chi connectivity index (χ0v) is 15.9. The van der Waals surface area contributed by atoms with Gasteiger partial charge < -0.3 is 4.57 Å². The summed E-state index contributed by atoms with van der Waals surface area (Å²) in [5.41, 5.74) is 12.2. The highest BCUT2D eigenvalue weighted by molar-refractivity contribution is 6.11. The second kappa shape index (κ2) is 5.35. The van der Waals surface area contributed by atoms with Crippen molar-refractivity contribution in [1.82, 2.24) is 4.57 Å². The van der Waals surface area contributed by atoms with E-state index >= 15 is 0 Å². The van der Waals surface area contributed by atoms with E-state index in [1.165, 1.54) is 60.9 Å². The predicted octanol–water partition coefficient (Wildman–Crippen LogP) is 6.67. The monoisotopic (exact) mass is 337 g/mol. The van der Waals surface area contributed by atoms with Gasteiger partial charge in [-0.1, -0.05) is 42.0 Å². The quantitative estimate of drug-likeness (QED) is 0.365. The highest BCUT2D eigenvalue weighted by Gasteiger charge is 2.19. The average Bonchev–Trinajstić information content (AvgIpc) is 3.13. The number of allylic oxidation sites excluding steroid dienone is 1. The first kappa shape index (κ1) is 15.5. The van der Waals surface area contributed by atoms with Crippen LogP contribution in [0.15, 0.2) is 54.1 Å². The molecule has 3 aromatic carbocycles. The SMILES string of the molecule is CC1=Cc2cc3c(cc2C1)c1cccc(C)c1n3-c1cccc(C)c1C. The van der Waals surface area contributed by atoms with Crippen LogP contribution >= 0.6 is 0 Å². The lowest BCUT2D eigenvalue weighted by Crippen LogP contribution is -1.99. The van der Waals surface area contributed by atoms with Crippen LogP contribution in [0, 0.1) is 20.8 Å². The fourth-order valence-corrected chi connectivity index (χ4v) is 4.48. The summed E-state index contributed by atoms with van der Waals surface area (Å²) in [5.74, 6) is 0. The van der Waals surface area contributed by atoms with Crippen molar-refractivity contribution in [2.24, 2.45) is 0 Å². The lowest BCUT2D eigenvalue weighted by atomic mass is 10.0. The third-order valence-corrected chi connectivity index (χ3v) is 5.94. The first-order valence-corrected chi connectivity index (χ1v) is 9.35. The molecule has 0 saturated carbocycles. The minimum Gasteiger partial charge on any atom is -0.309 e. The first-order chi connectivity index (χ1) is 12.5. The molecule has 4 aromatic rings. The minimum atomic E-state index is 1.08. The van der Waals surface area contributed by atoms with E-state index in [1.807, 2.05) is 0 Å². The summed E-state index contributed by atoms with van der Waals surface area (Å²) in [5, 5.41) is 2.72. The fourth-order valence-electron chi connectivity index (χ4n) is 4.48. The van der Waals surface area contributed by atoms with Crippen LogP contribution in [0.25, 0.3) is 33.6 Å². The van der Waals surface area contributed by atoms with Crippen LogP contribution in [0.3, 0.4) is 0 Å². The van der Waals surface area contributed by atoms with E-state index in [0.29, 0.717) is 0 Å². The van der Waals surface area contributed by atoms with Crippen molar-refractivity contribution in [3.05, 3.63) is 81.9 Å². The molecule has 1 heteroatoms. The number of hydrogen-bond acceptors (Lipinski definition) is 0. The number of benzene rings is 3. The largest absolute Gasteiger partial charge is 0.309 e. The van der Waals surface area contributed by atoms with Gasteiger partial charge in [-0.05, 0) is 80.1 Å². The zero-order chi connectivity index (χ0) is 18.0. The molecule has 0 aliphatic heterocycles. The van der Waals surface area contributed by atoms with Gasteiger partial charge in [0, 0.05) is 16.5 Å². The molecule has 0 amide bonds. The zero-order valence-electron chi connectivity index (χ0n) is 15.9. The van der Waals surface area contributed by atoms with Crippen LogP contribution in [-0.2, 0) is 6.42 Å². The maximum absolute atomic E-state index is 2.48. The van der Waals surface area contributed by atoms with Gasteiger partial charge in [-0.2, -0.15) is 0 Å². The Morgan fingerprint density at radius 2 is 1.58 bits per heavy atom. The third kappa shape index (κ3) is 2.03. The Kier molecular flexibility index (Phi) is 3.18. The van der Waals surface area contributed by atoms with Gasteiger partial charge >= 0.3 is 0 Å². The predicted molar refractivity (Wildman–Crippen MR) is 112 cm³/mol. The smallest absolute Gasteiger partial charge is 0.0570 e. The Balaban J connectivity index is 2.00. The van der Waals surface area contributed by atoms with E-state index in [9.17, 15) is 0 Å². The summed E-state index contributed by atoms with van der Waals surface area (Å²) in [6, 6.07) is 18.1. The summed E-state index contributed by atoms with van der Waals surface area (Å²) >= 11 is 0. The number of rotatable bonds is 1. The van der Waals surface area contributed by atoms with Crippen LogP contribution in [0.2, 0.25) is 0 Å². The number of para-hydroxylation sites is 1. The molecule has 0 radical (unpaired) electrons. The highest BCUT2D eigenvalue weighted by atomic mass is 15.0. The molecule has 1 aromatic heterocycles. The van der Waals surface area contributed by atoms with Crippen LogP contribution < -0.4 is 0 Å². The van der Waals surface area contributed by atoms with Gasteiger partial charge in [-0.15, -0.1) is 0 Å². The van der Waals surface area contributed by atoms with Gasteiger partial charge in [0.25, 0.3) is 0 Å². The molecule has 0 bridgehead atoms. The summed E-state index contributed by atoms with van der Waals surface area (Å²) in [6.07, 6.45) is 3.42. The number of fused-ring (bicyclic) bond motifs is 4. The Morgan fingerprint density at radius 3 is 2.42 bits per heavy atom. The Labute approximate surface area is 154 Å². The molecule has 128 valence electrons. The average molecular weight is 337 g/mol. The number of aryl methyl sites for hydroxylation is 2. The van der Waals surface area contributed by atoms with Gasteiger partial charge in [0.2, 0.25) is 0 Å². The van der Waals surface area contributed by atoms with Crippen LogP contribution in [-0.4, -0.2) is 4.57 Å². The maximum Gasteiger partial charge on any atom is 0.0570 e. The molecule has 0 atom stereocenters. The van der Waals surface area contributed by atoms with Gasteiger partial charge in [-0.25, -0.2) is 0 Å². The third-order valence-electron chi connectivity index (χ3n) is 5.94. The number of hydrogen-bond donors (Lipinski definition) is 0. The normalized spacial score (nSPS) is 13.5. The molecule has 0 N–H and O–H groups in total. The number of nitrogens with zero attached hydrogens (tertiary/aromatic N) is 1. The van der Waals surface area contributed by atoms with Gasteiger partial charge in [0.1, 0.15) is 0 Å². The van der Waals surface area contributed by atoms with E-state index in [0.717, 1.165) is 6.42 Å². The van der Waals surface area contributed by atoms with Crippen molar-refractivity contribution in [1.29, 1.82) is 0 Å². The van der Waals surface area contributed by atoms with Gasteiger partial charge in [-0.3, -0.25) is 0 Å². The van der Waals surface area contributed by atoms with Crippen molar-refractivity contribution in [3.63, 3.8) is 0 Å². The van der Waals surface area contributed by atoms with E-state index in [1.54, 1.807) is 0 Å². The Morgan fingerprint density at radius 1 is 0.808 bits per heavy atom. The lowest BCUT2D eigenvalue weighted by Gasteiger charge is -2.14. The van der Waals surface area contributed by atoms with Crippen LogP contribution in [0.5, 0.6) is 0 Å². The van der Waals surface area contributed by atoms with Crippen LogP contribution in [0.4, 0.5) is 0 Å². The summed E-state index contributed by atoms with van der Waals surface area (Å²) in [7, 11) is 0. The van der Waals surface area contributed by atoms with Gasteiger partial charge in [0.05, 0.1) is 11.0 Å². The van der Waals surface area contributed by atoms with E-state index in [4.69, 9.17) is 0 Å². The van der Waals surface area contributed by atoms with E-state index < -0.39 is 0 Å². The van der Waals surface area contributed by atoms with Crippen molar-refractivity contribution in [2.75, 3.05) is 0 Å². The first-order valence-electron chi connectivity index (χ1n) is 9.35. The summed E-state index contributed by atoms with van der Waals surface area (Å²) in [6.45, 7) is 8.88. The Bertz CT molecular complexity index is 1230. The standard InChI is InChI=1S/C25H23N/c1-15-11-19-13-22-21-9-5-8-17(3)25(21)26(24(22)14-20(19)12-15)23-10-6-7-16(2)18(23)4/h5-10,12-14H,11H2,1-4H3. The van der Waals surface area contributed by atoms with Crippen molar-refractivity contribution >= 4 is 27.9 Å². The summed E-state index contributed by atoms with van der Waals surface area (Å²) < 4.78 is 2.48. The molecule has 1 aliphatic carbocycles. The summed E-state index contributed by atoms with van der Waals surface area (Å²) in [4.78, 5) is 0. The molecule has 0 saturated heterocycles. The molecule has 1 aliphatic rings.